The molecule has 3 heteroatoms. The van der Waals surface area contributed by atoms with Gasteiger partial charge in [-0.1, -0.05) is 30.3 Å². The summed E-state index contributed by atoms with van der Waals surface area (Å²) in [6.07, 6.45) is 0. The molecule has 0 amide bonds. The molecule has 1 aliphatic heterocycles. The molecule has 3 nitrogen and oxygen atoms in total. The van der Waals surface area contributed by atoms with Gasteiger partial charge in [0.15, 0.2) is 0 Å². The van der Waals surface area contributed by atoms with Gasteiger partial charge >= 0.3 is 0 Å². The van der Waals surface area contributed by atoms with Gasteiger partial charge in [0.1, 0.15) is 11.4 Å². The Bertz CT molecular complexity index is 919. The summed E-state index contributed by atoms with van der Waals surface area (Å²) in [5, 5.41) is 11.2. The lowest BCUT2D eigenvalue weighted by atomic mass is 9.90. The van der Waals surface area contributed by atoms with E-state index in [1.54, 1.807) is 7.11 Å². The van der Waals surface area contributed by atoms with Crippen LogP contribution in [0.5, 0.6) is 5.75 Å². The van der Waals surface area contributed by atoms with E-state index in [2.05, 4.69) is 30.3 Å². The van der Waals surface area contributed by atoms with Crippen LogP contribution in [0.3, 0.4) is 0 Å². The third-order valence-corrected chi connectivity index (χ3v) is 4.43. The highest BCUT2D eigenvalue weighted by molar-refractivity contribution is 5.85. The summed E-state index contributed by atoms with van der Waals surface area (Å²) < 4.78 is 11.1. The Labute approximate surface area is 134 Å². The van der Waals surface area contributed by atoms with Gasteiger partial charge in [-0.05, 0) is 52.2 Å². The summed E-state index contributed by atoms with van der Waals surface area (Å²) in [7, 11) is 1.67. The highest BCUT2D eigenvalue weighted by Crippen LogP contribution is 2.45. The van der Waals surface area contributed by atoms with Crippen LogP contribution in [0, 0.1) is 11.3 Å². The van der Waals surface area contributed by atoms with Gasteiger partial charge in [-0.25, -0.2) is 0 Å². The van der Waals surface area contributed by atoms with Crippen molar-refractivity contribution in [3.63, 3.8) is 0 Å². The molecule has 0 bridgehead atoms. The van der Waals surface area contributed by atoms with Crippen LogP contribution in [0.1, 0.15) is 16.7 Å². The number of nitrogens with zero attached hydrogens (tertiary/aromatic N) is 1. The minimum atomic E-state index is -0.373. The molecular weight excluding hydrogens is 286 g/mol. The largest absolute Gasteiger partial charge is 0.497 e. The van der Waals surface area contributed by atoms with Crippen LogP contribution in [0.2, 0.25) is 0 Å². The number of nitriles is 1. The van der Waals surface area contributed by atoms with E-state index >= 15 is 0 Å². The number of epoxide rings is 1. The Morgan fingerprint density at radius 3 is 2.26 bits per heavy atom. The second-order valence-electron chi connectivity index (χ2n) is 5.73. The molecule has 23 heavy (non-hydrogen) atoms. The number of fused-ring (bicyclic) bond motifs is 1. The Balaban J connectivity index is 1.77. The lowest BCUT2D eigenvalue weighted by molar-refractivity contribution is 0.349. The zero-order chi connectivity index (χ0) is 15.9. The smallest absolute Gasteiger partial charge is 0.142 e. The van der Waals surface area contributed by atoms with E-state index < -0.39 is 0 Å². The van der Waals surface area contributed by atoms with Crippen molar-refractivity contribution >= 4 is 10.8 Å². The van der Waals surface area contributed by atoms with Crippen LogP contribution in [0.4, 0.5) is 0 Å². The third kappa shape index (κ3) is 2.25. The molecular formula is C20H15NO2. The van der Waals surface area contributed by atoms with Gasteiger partial charge in [0.2, 0.25) is 0 Å². The number of hydrogen-bond donors (Lipinski definition) is 0. The van der Waals surface area contributed by atoms with E-state index in [1.165, 1.54) is 0 Å². The van der Waals surface area contributed by atoms with Crippen LogP contribution in [0.25, 0.3) is 10.8 Å². The van der Waals surface area contributed by atoms with Crippen molar-refractivity contribution in [3.05, 3.63) is 77.4 Å². The van der Waals surface area contributed by atoms with Crippen molar-refractivity contribution < 1.29 is 9.47 Å². The van der Waals surface area contributed by atoms with Crippen molar-refractivity contribution in [2.45, 2.75) is 5.60 Å². The van der Waals surface area contributed by atoms with Gasteiger partial charge in [0.25, 0.3) is 0 Å². The first kappa shape index (κ1) is 13.8. The number of rotatable bonds is 3. The van der Waals surface area contributed by atoms with Crippen molar-refractivity contribution in [3.8, 4) is 11.8 Å². The van der Waals surface area contributed by atoms with E-state index in [1.807, 2.05) is 36.4 Å². The summed E-state index contributed by atoms with van der Waals surface area (Å²) >= 11 is 0. The summed E-state index contributed by atoms with van der Waals surface area (Å²) in [6, 6.07) is 22.2. The van der Waals surface area contributed by atoms with Gasteiger partial charge in [0, 0.05) is 0 Å². The molecule has 1 aliphatic rings. The third-order valence-electron chi connectivity index (χ3n) is 4.43. The molecule has 1 fully saturated rings. The molecule has 3 aromatic rings. The number of hydrogen-bond acceptors (Lipinski definition) is 3. The molecule has 0 saturated carbocycles. The first-order chi connectivity index (χ1) is 11.2. The monoisotopic (exact) mass is 301 g/mol. The molecule has 0 aliphatic carbocycles. The predicted molar refractivity (Wildman–Crippen MR) is 88.4 cm³/mol. The normalized spacial score (nSPS) is 19.3. The minimum absolute atomic E-state index is 0.373. The Kier molecular flexibility index (Phi) is 3.07. The molecule has 1 atom stereocenters. The fourth-order valence-corrected chi connectivity index (χ4v) is 2.99. The molecule has 1 unspecified atom stereocenters. The van der Waals surface area contributed by atoms with Gasteiger partial charge in [-0.3, -0.25) is 0 Å². The molecule has 0 aromatic heterocycles. The average Bonchev–Trinajstić information content (AvgIpc) is 3.43. The first-order valence-corrected chi connectivity index (χ1v) is 7.48. The fraction of sp³-hybridized carbons (Fsp3) is 0.150. The zero-order valence-electron chi connectivity index (χ0n) is 12.7. The van der Waals surface area contributed by atoms with Crippen LogP contribution >= 0.6 is 0 Å². The Morgan fingerprint density at radius 2 is 1.61 bits per heavy atom. The first-order valence-electron chi connectivity index (χ1n) is 7.48. The van der Waals surface area contributed by atoms with E-state index in [9.17, 15) is 0 Å². The molecule has 1 saturated heterocycles. The second kappa shape index (κ2) is 5.12. The van der Waals surface area contributed by atoms with Crippen LogP contribution < -0.4 is 4.74 Å². The molecule has 0 spiro atoms. The van der Waals surface area contributed by atoms with Crippen molar-refractivity contribution in [2.24, 2.45) is 0 Å². The molecule has 3 aromatic carbocycles. The van der Waals surface area contributed by atoms with E-state index in [0.29, 0.717) is 12.2 Å². The van der Waals surface area contributed by atoms with Crippen LogP contribution in [0.15, 0.2) is 60.7 Å². The van der Waals surface area contributed by atoms with Crippen molar-refractivity contribution in [1.29, 1.82) is 5.26 Å². The van der Waals surface area contributed by atoms with Gasteiger partial charge < -0.3 is 9.47 Å². The van der Waals surface area contributed by atoms with E-state index in [-0.39, 0.29) is 5.60 Å². The standard InChI is InChI=1S/C20H15NO2/c1-22-19-9-5-15-10-18(8-4-16(15)11-19)20(13-23-20)17-6-2-14(12-21)3-7-17/h2-11H,13H2,1H3. The summed E-state index contributed by atoms with van der Waals surface area (Å²) in [6.45, 7) is 0.667. The maximum absolute atomic E-state index is 8.93. The van der Waals surface area contributed by atoms with Crippen molar-refractivity contribution in [2.75, 3.05) is 13.7 Å². The van der Waals surface area contributed by atoms with E-state index in [4.69, 9.17) is 14.7 Å². The van der Waals surface area contributed by atoms with Gasteiger partial charge in [0.05, 0.1) is 25.3 Å². The highest BCUT2D eigenvalue weighted by Gasteiger charge is 2.48. The maximum Gasteiger partial charge on any atom is 0.142 e. The maximum atomic E-state index is 8.93. The quantitative estimate of drug-likeness (QED) is 0.687. The van der Waals surface area contributed by atoms with Gasteiger partial charge in [-0.2, -0.15) is 5.26 Å². The summed E-state index contributed by atoms with van der Waals surface area (Å²) in [4.78, 5) is 0. The average molecular weight is 301 g/mol. The molecule has 0 radical (unpaired) electrons. The molecule has 112 valence electrons. The Morgan fingerprint density at radius 1 is 0.957 bits per heavy atom. The molecule has 4 rings (SSSR count). The number of ether oxygens (including phenoxy) is 2. The Hall–Kier alpha value is -2.83. The predicted octanol–water partition coefficient (Wildman–Crippen LogP) is 3.99. The lowest BCUT2D eigenvalue weighted by Crippen LogP contribution is -2.10. The van der Waals surface area contributed by atoms with Crippen LogP contribution in [-0.4, -0.2) is 13.7 Å². The summed E-state index contributed by atoms with van der Waals surface area (Å²) in [5.74, 6) is 0.856. The van der Waals surface area contributed by atoms with Crippen LogP contribution in [-0.2, 0) is 10.3 Å². The lowest BCUT2D eigenvalue weighted by Gasteiger charge is -2.14. The SMILES string of the molecule is COc1ccc2cc(C3(c4ccc(C#N)cc4)CO3)ccc2c1. The number of benzene rings is 3. The zero-order valence-corrected chi connectivity index (χ0v) is 12.7. The topological polar surface area (TPSA) is 45.5 Å². The summed E-state index contributed by atoms with van der Waals surface area (Å²) in [5.41, 5.74) is 2.52. The minimum Gasteiger partial charge on any atom is -0.497 e. The van der Waals surface area contributed by atoms with Crippen molar-refractivity contribution in [1.82, 2.24) is 0 Å². The highest BCUT2D eigenvalue weighted by atomic mass is 16.6. The van der Waals surface area contributed by atoms with E-state index in [0.717, 1.165) is 27.6 Å². The molecule has 1 heterocycles. The number of methoxy groups -OCH3 is 1. The van der Waals surface area contributed by atoms with Gasteiger partial charge in [-0.15, -0.1) is 0 Å². The second-order valence-corrected chi connectivity index (χ2v) is 5.73. The molecule has 0 N–H and O–H groups in total. The fourth-order valence-electron chi connectivity index (χ4n) is 2.99.